The summed E-state index contributed by atoms with van der Waals surface area (Å²) in [4.78, 5) is 44.8. The Hall–Kier alpha value is -1.60. The van der Waals surface area contributed by atoms with Crippen molar-refractivity contribution in [3.05, 3.63) is 0 Å². The monoisotopic (exact) mass is 408 g/mol. The van der Waals surface area contributed by atoms with Gasteiger partial charge in [-0.2, -0.15) is 0 Å². The van der Waals surface area contributed by atoms with E-state index in [1.54, 1.807) is 0 Å². The molecule has 0 aromatic heterocycles. The first-order valence-electron chi connectivity index (χ1n) is 6.73. The number of rotatable bonds is 11. The SMILES string of the molecule is Cl.N=C(N)NCCC[C@H](N)C(=O)OC(CC(=O)O)(CC(=O)O)C(=O)O.[NaH]. The number of halogens is 1. The molecule has 146 valence electrons. The van der Waals surface area contributed by atoms with Crippen molar-refractivity contribution >= 4 is 71.8 Å². The van der Waals surface area contributed by atoms with Gasteiger partial charge < -0.3 is 36.8 Å². The van der Waals surface area contributed by atoms with Gasteiger partial charge in [-0.1, -0.05) is 0 Å². The molecular formula is C12H22ClN4NaO8. The fourth-order valence-electron chi connectivity index (χ4n) is 1.75. The quantitative estimate of drug-likeness (QED) is 0.0630. The topological polar surface area (TPSA) is 226 Å². The summed E-state index contributed by atoms with van der Waals surface area (Å²) >= 11 is 0. The third-order valence-electron chi connectivity index (χ3n) is 2.87. The molecule has 0 fully saturated rings. The van der Waals surface area contributed by atoms with E-state index < -0.39 is 48.4 Å². The van der Waals surface area contributed by atoms with Gasteiger partial charge in [-0.25, -0.2) is 4.79 Å². The Morgan fingerprint density at radius 3 is 1.92 bits per heavy atom. The molecule has 1 atom stereocenters. The van der Waals surface area contributed by atoms with Crippen LogP contribution in [-0.4, -0.2) is 92.9 Å². The molecule has 0 aromatic rings. The summed E-state index contributed by atoms with van der Waals surface area (Å²) in [6.45, 7) is 0.227. The molecule has 0 bridgehead atoms. The molecule has 0 heterocycles. The molecule has 0 aliphatic heterocycles. The van der Waals surface area contributed by atoms with E-state index >= 15 is 0 Å². The van der Waals surface area contributed by atoms with Crippen molar-refractivity contribution in [1.29, 1.82) is 5.41 Å². The van der Waals surface area contributed by atoms with Gasteiger partial charge in [-0.15, -0.1) is 12.4 Å². The van der Waals surface area contributed by atoms with Crippen molar-refractivity contribution in [3.8, 4) is 0 Å². The number of guanidine groups is 1. The molecule has 0 saturated heterocycles. The molecule has 9 N–H and O–H groups in total. The summed E-state index contributed by atoms with van der Waals surface area (Å²) in [6.07, 6.45) is -2.14. The van der Waals surface area contributed by atoms with Crippen LogP contribution in [0.15, 0.2) is 0 Å². The van der Waals surface area contributed by atoms with Crippen LogP contribution in [0, 0.1) is 5.41 Å². The molecule has 14 heteroatoms. The van der Waals surface area contributed by atoms with Gasteiger partial charge in [0.1, 0.15) is 6.04 Å². The van der Waals surface area contributed by atoms with Crippen LogP contribution in [0.2, 0.25) is 0 Å². The molecule has 0 amide bonds. The minimum absolute atomic E-state index is 0. The molecule has 0 spiro atoms. The van der Waals surface area contributed by atoms with Gasteiger partial charge in [0.2, 0.25) is 5.60 Å². The van der Waals surface area contributed by atoms with Crippen molar-refractivity contribution in [2.75, 3.05) is 6.54 Å². The number of esters is 1. The van der Waals surface area contributed by atoms with Crippen molar-refractivity contribution in [2.45, 2.75) is 37.3 Å². The first kappa shape index (κ1) is 29.2. The summed E-state index contributed by atoms with van der Waals surface area (Å²) in [7, 11) is 0. The Morgan fingerprint density at radius 1 is 1.12 bits per heavy atom. The molecule has 0 aliphatic carbocycles. The normalized spacial score (nSPS) is 11.1. The second-order valence-corrected chi connectivity index (χ2v) is 4.95. The van der Waals surface area contributed by atoms with Crippen LogP contribution in [0.1, 0.15) is 25.7 Å². The van der Waals surface area contributed by atoms with Crippen molar-refractivity contribution in [2.24, 2.45) is 11.5 Å². The van der Waals surface area contributed by atoms with Crippen molar-refractivity contribution < 1.29 is 39.2 Å². The third-order valence-corrected chi connectivity index (χ3v) is 2.87. The number of ether oxygens (including phenoxy) is 1. The van der Waals surface area contributed by atoms with Crippen molar-refractivity contribution in [3.63, 3.8) is 0 Å². The van der Waals surface area contributed by atoms with Crippen molar-refractivity contribution in [1.82, 2.24) is 5.32 Å². The van der Waals surface area contributed by atoms with E-state index in [-0.39, 0.29) is 67.3 Å². The Balaban J connectivity index is -0.00000264. The fourth-order valence-corrected chi connectivity index (χ4v) is 1.75. The van der Waals surface area contributed by atoms with Gasteiger partial charge in [0, 0.05) is 6.54 Å². The number of carbonyl (C=O) groups is 4. The summed E-state index contributed by atoms with van der Waals surface area (Å²) in [5, 5.41) is 36.1. The van der Waals surface area contributed by atoms with Crippen LogP contribution in [0.25, 0.3) is 0 Å². The molecular weight excluding hydrogens is 387 g/mol. The first-order valence-corrected chi connectivity index (χ1v) is 6.73. The first-order chi connectivity index (χ1) is 11.0. The van der Waals surface area contributed by atoms with Crippen LogP contribution in [-0.2, 0) is 23.9 Å². The van der Waals surface area contributed by atoms with Crippen LogP contribution in [0.3, 0.4) is 0 Å². The van der Waals surface area contributed by atoms with Gasteiger partial charge in [-0.3, -0.25) is 19.8 Å². The molecule has 0 radical (unpaired) electrons. The Morgan fingerprint density at radius 2 is 1.58 bits per heavy atom. The van der Waals surface area contributed by atoms with E-state index in [2.05, 4.69) is 10.1 Å². The van der Waals surface area contributed by atoms with Crippen LogP contribution in [0.4, 0.5) is 0 Å². The van der Waals surface area contributed by atoms with Crippen LogP contribution >= 0.6 is 12.4 Å². The minimum atomic E-state index is -2.75. The van der Waals surface area contributed by atoms with E-state index in [0.717, 1.165) is 0 Å². The zero-order valence-electron chi connectivity index (χ0n) is 13.1. The molecule has 0 rings (SSSR count). The summed E-state index contributed by atoms with van der Waals surface area (Å²) in [6, 6.07) is -1.29. The van der Waals surface area contributed by atoms with Gasteiger partial charge >= 0.3 is 53.4 Å². The van der Waals surface area contributed by atoms with Crippen LogP contribution in [0.5, 0.6) is 0 Å². The number of carboxylic acid groups (broad SMARTS) is 3. The second-order valence-electron chi connectivity index (χ2n) is 4.95. The van der Waals surface area contributed by atoms with Gasteiger partial charge in [0.05, 0.1) is 12.8 Å². The number of carboxylic acids is 3. The average molecular weight is 409 g/mol. The zero-order chi connectivity index (χ0) is 18.9. The zero-order valence-corrected chi connectivity index (χ0v) is 13.9. The molecule has 12 nitrogen and oxygen atoms in total. The number of carbonyl (C=O) groups excluding carboxylic acids is 1. The second kappa shape index (κ2) is 13.6. The average Bonchev–Trinajstić information content (AvgIpc) is 2.41. The van der Waals surface area contributed by atoms with E-state index in [1.165, 1.54) is 0 Å². The van der Waals surface area contributed by atoms with Crippen LogP contribution < -0.4 is 16.8 Å². The van der Waals surface area contributed by atoms with Gasteiger partial charge in [0.15, 0.2) is 5.96 Å². The molecule has 0 aromatic carbocycles. The Bertz CT molecular complexity index is 517. The number of aliphatic carboxylic acids is 3. The van der Waals surface area contributed by atoms with Gasteiger partial charge in [0.25, 0.3) is 0 Å². The van der Waals surface area contributed by atoms with Gasteiger partial charge in [-0.05, 0) is 12.8 Å². The predicted octanol–water partition coefficient (Wildman–Crippen LogP) is -2.33. The summed E-state index contributed by atoms with van der Waals surface area (Å²) in [5.74, 6) is -6.70. The number of hydrogen-bond donors (Lipinski definition) is 7. The van der Waals surface area contributed by atoms with E-state index in [9.17, 15) is 19.2 Å². The number of hydrogen-bond acceptors (Lipinski definition) is 7. The summed E-state index contributed by atoms with van der Waals surface area (Å²) < 4.78 is 4.65. The summed E-state index contributed by atoms with van der Waals surface area (Å²) in [5.41, 5.74) is 7.83. The maximum atomic E-state index is 11.9. The van der Waals surface area contributed by atoms with E-state index in [0.29, 0.717) is 0 Å². The molecule has 0 saturated carbocycles. The predicted molar refractivity (Wildman–Crippen MR) is 92.5 cm³/mol. The Labute approximate surface area is 176 Å². The Kier molecular flexibility index (Phi) is 15.2. The number of nitrogens with two attached hydrogens (primary N) is 2. The molecule has 26 heavy (non-hydrogen) atoms. The molecule has 0 unspecified atom stereocenters. The fraction of sp³-hybridized carbons (Fsp3) is 0.583. The maximum absolute atomic E-state index is 11.9. The van der Waals surface area contributed by atoms with E-state index in [4.69, 9.17) is 32.2 Å². The standard InChI is InChI=1S/C12H20N4O8.ClH.Na.H/c13-6(2-1-3-16-11(14)15)9(21)24-12(10(22)23,4-7(17)18)5-8(19)20;;;/h6H,1-5,13H2,(H,17,18)(H,19,20)(H,22,23)(H4,14,15,16);1H;;/t6-;;;/m0.../s1. The third kappa shape index (κ3) is 11.1. The molecule has 0 aliphatic rings. The van der Waals surface area contributed by atoms with E-state index in [1.807, 2.05) is 0 Å². The number of nitrogens with one attached hydrogen (secondary N) is 2.